The summed E-state index contributed by atoms with van der Waals surface area (Å²) in [7, 11) is 0. The van der Waals surface area contributed by atoms with Gasteiger partial charge in [-0.25, -0.2) is 4.99 Å². The molecule has 0 aliphatic carbocycles. The zero-order chi connectivity index (χ0) is 15.5. The summed E-state index contributed by atoms with van der Waals surface area (Å²) < 4.78 is 0. The maximum Gasteiger partial charge on any atom is 0.264 e. The van der Waals surface area contributed by atoms with Crippen molar-refractivity contribution in [1.29, 1.82) is 0 Å². The predicted octanol–water partition coefficient (Wildman–Crippen LogP) is 3.59. The predicted molar refractivity (Wildman–Crippen MR) is 90.1 cm³/mol. The number of nitrogens with zero attached hydrogens (tertiary/aromatic N) is 1. The normalized spacial score (nSPS) is 18.0. The van der Waals surface area contributed by atoms with Gasteiger partial charge in [0.15, 0.2) is 5.17 Å². The summed E-state index contributed by atoms with van der Waals surface area (Å²) in [5.41, 5.74) is 2.54. The molecule has 3 rings (SSSR count). The van der Waals surface area contributed by atoms with Gasteiger partial charge in [-0.3, -0.25) is 4.79 Å². The molecular formula is C17H14N2O2S. The quantitative estimate of drug-likeness (QED) is 0.833. The Morgan fingerprint density at radius 1 is 1.14 bits per heavy atom. The second-order valence-electron chi connectivity index (χ2n) is 4.83. The lowest BCUT2D eigenvalue weighted by molar-refractivity contribution is -0.115. The van der Waals surface area contributed by atoms with Crippen molar-refractivity contribution < 1.29 is 9.90 Å². The molecule has 0 saturated carbocycles. The van der Waals surface area contributed by atoms with Crippen molar-refractivity contribution in [3.05, 3.63) is 64.6 Å². The average molecular weight is 310 g/mol. The van der Waals surface area contributed by atoms with Gasteiger partial charge < -0.3 is 10.4 Å². The molecule has 0 radical (unpaired) electrons. The van der Waals surface area contributed by atoms with Gasteiger partial charge >= 0.3 is 0 Å². The van der Waals surface area contributed by atoms with Gasteiger partial charge in [0.25, 0.3) is 5.91 Å². The molecule has 0 atom stereocenters. The lowest BCUT2D eigenvalue weighted by Crippen LogP contribution is -2.19. The van der Waals surface area contributed by atoms with E-state index in [9.17, 15) is 9.90 Å². The third-order valence-electron chi connectivity index (χ3n) is 3.23. The molecule has 4 nitrogen and oxygen atoms in total. The Morgan fingerprint density at radius 2 is 1.86 bits per heavy atom. The summed E-state index contributed by atoms with van der Waals surface area (Å²) in [6.07, 6.45) is 1.85. The van der Waals surface area contributed by atoms with Crippen LogP contribution in [0, 0.1) is 6.92 Å². The minimum Gasteiger partial charge on any atom is -0.506 e. The third kappa shape index (κ3) is 3.04. The molecule has 110 valence electrons. The number of carbonyl (C=O) groups excluding carboxylic acids is 1. The fourth-order valence-corrected chi connectivity index (χ4v) is 2.86. The lowest BCUT2D eigenvalue weighted by Gasteiger charge is -1.99. The first-order valence-corrected chi connectivity index (χ1v) is 7.58. The minimum atomic E-state index is -0.178. The van der Waals surface area contributed by atoms with E-state index in [1.54, 1.807) is 24.3 Å². The van der Waals surface area contributed by atoms with Crippen molar-refractivity contribution in [3.63, 3.8) is 0 Å². The number of aliphatic imine (C=N–C) groups is 1. The number of amides is 1. The molecule has 22 heavy (non-hydrogen) atoms. The number of hydrogen-bond acceptors (Lipinski definition) is 4. The Labute approximate surface area is 132 Å². The van der Waals surface area contributed by atoms with Crippen molar-refractivity contribution in [3.8, 4) is 5.75 Å². The fraction of sp³-hybridized carbons (Fsp3) is 0.0588. The first kappa shape index (κ1) is 14.4. The minimum absolute atomic E-state index is 0.0844. The number of amidine groups is 1. The molecular weight excluding hydrogens is 296 g/mol. The zero-order valence-electron chi connectivity index (χ0n) is 11.9. The van der Waals surface area contributed by atoms with Crippen LogP contribution in [0.3, 0.4) is 0 Å². The van der Waals surface area contributed by atoms with Gasteiger partial charge in [0.05, 0.1) is 4.91 Å². The number of benzene rings is 2. The Hall–Kier alpha value is -2.53. The highest BCUT2D eigenvalue weighted by Crippen LogP contribution is 2.31. The second-order valence-corrected chi connectivity index (χ2v) is 5.86. The highest BCUT2D eigenvalue weighted by Gasteiger charge is 2.24. The first-order valence-electron chi connectivity index (χ1n) is 6.77. The summed E-state index contributed by atoms with van der Waals surface area (Å²) in [5, 5.41) is 12.9. The molecule has 0 aromatic heterocycles. The van der Waals surface area contributed by atoms with E-state index >= 15 is 0 Å². The highest BCUT2D eigenvalue weighted by atomic mass is 32.2. The van der Waals surface area contributed by atoms with E-state index in [2.05, 4.69) is 10.3 Å². The molecule has 0 unspecified atom stereocenters. The van der Waals surface area contributed by atoms with E-state index in [4.69, 9.17) is 0 Å². The molecule has 5 heteroatoms. The van der Waals surface area contributed by atoms with Crippen LogP contribution in [0.15, 0.2) is 58.4 Å². The second kappa shape index (κ2) is 6.07. The Balaban J connectivity index is 1.88. The van der Waals surface area contributed by atoms with E-state index in [-0.39, 0.29) is 11.7 Å². The van der Waals surface area contributed by atoms with Crippen molar-refractivity contribution in [1.82, 2.24) is 5.32 Å². The lowest BCUT2D eigenvalue weighted by atomic mass is 10.1. The molecule has 1 amide bonds. The van der Waals surface area contributed by atoms with E-state index in [1.165, 1.54) is 11.8 Å². The number of nitrogens with one attached hydrogen (secondary N) is 1. The topological polar surface area (TPSA) is 61.7 Å². The zero-order valence-corrected chi connectivity index (χ0v) is 12.7. The van der Waals surface area contributed by atoms with Crippen LogP contribution in [0.4, 0.5) is 5.69 Å². The largest absolute Gasteiger partial charge is 0.506 e. The van der Waals surface area contributed by atoms with Crippen molar-refractivity contribution >= 4 is 34.6 Å². The molecule has 0 spiro atoms. The van der Waals surface area contributed by atoms with E-state index in [0.29, 0.717) is 15.8 Å². The van der Waals surface area contributed by atoms with Gasteiger partial charge in [0, 0.05) is 0 Å². The number of hydrogen-bond donors (Lipinski definition) is 2. The Kier molecular flexibility index (Phi) is 3.98. The van der Waals surface area contributed by atoms with Crippen LogP contribution in [0.25, 0.3) is 6.08 Å². The Morgan fingerprint density at radius 3 is 2.64 bits per heavy atom. The Bertz CT molecular complexity index is 797. The van der Waals surface area contributed by atoms with E-state index in [1.807, 2.05) is 37.3 Å². The number of aromatic hydroxyl groups is 1. The number of phenolic OH excluding ortho intramolecular Hbond substituents is 1. The number of carbonyl (C=O) groups is 1. The van der Waals surface area contributed by atoms with Crippen LogP contribution in [-0.4, -0.2) is 16.2 Å². The molecule has 2 N–H and O–H groups in total. The SMILES string of the molecule is Cc1ccccc1/C=C1\SC(=Nc2ccccc2O)NC1=O. The van der Waals surface area contributed by atoms with Gasteiger partial charge in [0.2, 0.25) is 0 Å². The monoisotopic (exact) mass is 310 g/mol. The van der Waals surface area contributed by atoms with Crippen LogP contribution in [0.1, 0.15) is 11.1 Å². The van der Waals surface area contributed by atoms with Crippen LogP contribution in [0.2, 0.25) is 0 Å². The van der Waals surface area contributed by atoms with Crippen LogP contribution in [-0.2, 0) is 4.79 Å². The van der Waals surface area contributed by atoms with Crippen molar-refractivity contribution in [2.45, 2.75) is 6.92 Å². The maximum atomic E-state index is 12.0. The molecule has 1 fully saturated rings. The number of phenols is 1. The fourth-order valence-electron chi connectivity index (χ4n) is 2.04. The van der Waals surface area contributed by atoms with Gasteiger partial charge in [-0.05, 0) is 48.0 Å². The van der Waals surface area contributed by atoms with E-state index in [0.717, 1.165) is 11.1 Å². The molecule has 1 heterocycles. The molecule has 2 aromatic rings. The highest BCUT2D eigenvalue weighted by molar-refractivity contribution is 8.18. The van der Waals surface area contributed by atoms with Crippen LogP contribution in [0.5, 0.6) is 5.75 Å². The smallest absolute Gasteiger partial charge is 0.264 e. The summed E-state index contributed by atoms with van der Waals surface area (Å²) >= 11 is 1.27. The van der Waals surface area contributed by atoms with Crippen molar-refractivity contribution in [2.75, 3.05) is 0 Å². The molecule has 2 aromatic carbocycles. The number of aryl methyl sites for hydroxylation is 1. The maximum absolute atomic E-state index is 12.0. The summed E-state index contributed by atoms with van der Waals surface area (Å²) in [6.45, 7) is 2.00. The van der Waals surface area contributed by atoms with Gasteiger partial charge in [-0.1, -0.05) is 36.4 Å². The third-order valence-corrected chi connectivity index (χ3v) is 4.14. The van der Waals surface area contributed by atoms with Gasteiger partial charge in [-0.15, -0.1) is 0 Å². The number of thioether (sulfide) groups is 1. The molecule has 1 aliphatic heterocycles. The summed E-state index contributed by atoms with van der Waals surface area (Å²) in [4.78, 5) is 16.9. The van der Waals surface area contributed by atoms with Crippen LogP contribution < -0.4 is 5.32 Å². The number of rotatable bonds is 2. The number of para-hydroxylation sites is 2. The van der Waals surface area contributed by atoms with E-state index < -0.39 is 0 Å². The molecule has 0 bridgehead atoms. The summed E-state index contributed by atoms with van der Waals surface area (Å²) in [5.74, 6) is -0.0939. The average Bonchev–Trinajstić information content (AvgIpc) is 2.84. The van der Waals surface area contributed by atoms with Crippen molar-refractivity contribution in [2.24, 2.45) is 4.99 Å². The first-order chi connectivity index (χ1) is 10.6. The molecule has 1 aliphatic rings. The summed E-state index contributed by atoms with van der Waals surface area (Å²) in [6, 6.07) is 14.6. The molecule has 1 saturated heterocycles. The standard InChI is InChI=1S/C17H14N2O2S/c1-11-6-2-3-7-12(11)10-15-16(21)19-17(22-15)18-13-8-4-5-9-14(13)20/h2-10,20H,1H3,(H,18,19,21)/b15-10-. The van der Waals surface area contributed by atoms with Gasteiger partial charge in [0.1, 0.15) is 11.4 Å². The van der Waals surface area contributed by atoms with Crippen LogP contribution >= 0.6 is 11.8 Å². The van der Waals surface area contributed by atoms with Gasteiger partial charge in [-0.2, -0.15) is 0 Å².